The van der Waals surface area contributed by atoms with Crippen molar-refractivity contribution in [3.63, 3.8) is 0 Å². The summed E-state index contributed by atoms with van der Waals surface area (Å²) < 4.78 is 11.4. The highest BCUT2D eigenvalue weighted by Gasteiger charge is 2.10. The van der Waals surface area contributed by atoms with Crippen LogP contribution in [0.1, 0.15) is 34.3 Å². The third-order valence-corrected chi connectivity index (χ3v) is 3.87. The van der Waals surface area contributed by atoms with Crippen LogP contribution in [0.2, 0.25) is 0 Å². The van der Waals surface area contributed by atoms with Gasteiger partial charge < -0.3 is 14.6 Å². The number of carbonyl (C=O) groups is 1. The molecule has 24 heavy (non-hydrogen) atoms. The number of ether oxygens (including phenoxy) is 2. The second-order valence-electron chi connectivity index (χ2n) is 5.83. The molecule has 4 heteroatoms. The number of phenols is 1. The number of aryl methyl sites for hydroxylation is 1. The van der Waals surface area contributed by atoms with Crippen molar-refractivity contribution in [3.8, 4) is 17.2 Å². The SMILES string of the molecule is Cc1ccc(O)c(C(=O)C=Cc2ccc3c(c2)OCCCCO3)c1. The molecule has 1 heterocycles. The maximum Gasteiger partial charge on any atom is 0.189 e. The van der Waals surface area contributed by atoms with Crippen molar-refractivity contribution in [1.29, 1.82) is 0 Å². The number of ketones is 1. The van der Waals surface area contributed by atoms with E-state index in [0.29, 0.717) is 24.5 Å². The summed E-state index contributed by atoms with van der Waals surface area (Å²) in [7, 11) is 0. The molecule has 0 unspecified atom stereocenters. The highest BCUT2D eigenvalue weighted by Crippen LogP contribution is 2.30. The molecule has 0 aromatic heterocycles. The second-order valence-corrected chi connectivity index (χ2v) is 5.83. The number of rotatable bonds is 3. The van der Waals surface area contributed by atoms with Crippen LogP contribution >= 0.6 is 0 Å². The van der Waals surface area contributed by atoms with Gasteiger partial charge in [-0.1, -0.05) is 23.8 Å². The number of carbonyl (C=O) groups excluding carboxylic acids is 1. The number of hydrogen-bond donors (Lipinski definition) is 1. The van der Waals surface area contributed by atoms with Gasteiger partial charge in [-0.3, -0.25) is 4.79 Å². The van der Waals surface area contributed by atoms with Crippen molar-refractivity contribution in [3.05, 3.63) is 59.2 Å². The van der Waals surface area contributed by atoms with E-state index < -0.39 is 0 Å². The van der Waals surface area contributed by atoms with Gasteiger partial charge in [0, 0.05) is 0 Å². The maximum atomic E-state index is 12.3. The minimum atomic E-state index is -0.236. The zero-order valence-corrected chi connectivity index (χ0v) is 13.6. The number of benzene rings is 2. The molecule has 0 amide bonds. The molecule has 1 aliphatic rings. The van der Waals surface area contributed by atoms with E-state index in [2.05, 4.69) is 0 Å². The predicted octanol–water partition coefficient (Wildman–Crippen LogP) is 4.15. The first-order valence-corrected chi connectivity index (χ1v) is 8.05. The van der Waals surface area contributed by atoms with Crippen molar-refractivity contribution in [2.24, 2.45) is 0 Å². The number of phenolic OH excluding ortho intramolecular Hbond substituents is 1. The van der Waals surface area contributed by atoms with Crippen molar-refractivity contribution < 1.29 is 19.4 Å². The standard InChI is InChI=1S/C20H20O4/c1-14-4-7-17(21)16(12-14)18(22)8-5-15-6-9-19-20(13-15)24-11-3-2-10-23-19/h4-9,12-13,21H,2-3,10-11H2,1H3. The van der Waals surface area contributed by atoms with Crippen molar-refractivity contribution in [2.45, 2.75) is 19.8 Å². The number of hydrogen-bond acceptors (Lipinski definition) is 4. The van der Waals surface area contributed by atoms with Crippen LogP contribution in [0.25, 0.3) is 6.08 Å². The zero-order chi connectivity index (χ0) is 16.9. The number of allylic oxidation sites excluding steroid dienone is 1. The molecule has 1 N–H and O–H groups in total. The molecule has 0 bridgehead atoms. The van der Waals surface area contributed by atoms with Gasteiger partial charge in [-0.05, 0) is 55.7 Å². The lowest BCUT2D eigenvalue weighted by Crippen LogP contribution is -2.08. The van der Waals surface area contributed by atoms with E-state index in [1.165, 1.54) is 12.1 Å². The fourth-order valence-corrected chi connectivity index (χ4v) is 2.54. The molecule has 0 fully saturated rings. The van der Waals surface area contributed by atoms with Crippen LogP contribution in [0.15, 0.2) is 42.5 Å². The topological polar surface area (TPSA) is 55.8 Å². The molecule has 0 atom stereocenters. The quantitative estimate of drug-likeness (QED) is 0.681. The fraction of sp³-hybridized carbons (Fsp3) is 0.250. The first-order valence-electron chi connectivity index (χ1n) is 8.05. The normalized spacial score (nSPS) is 14.2. The maximum absolute atomic E-state index is 12.3. The van der Waals surface area contributed by atoms with E-state index in [-0.39, 0.29) is 11.5 Å². The molecule has 2 aromatic rings. The lowest BCUT2D eigenvalue weighted by molar-refractivity contribution is 0.104. The van der Waals surface area contributed by atoms with Crippen molar-refractivity contribution >= 4 is 11.9 Å². The van der Waals surface area contributed by atoms with Gasteiger partial charge in [-0.15, -0.1) is 0 Å². The summed E-state index contributed by atoms with van der Waals surface area (Å²) in [6.45, 7) is 3.24. The van der Waals surface area contributed by atoms with Gasteiger partial charge in [0.05, 0.1) is 18.8 Å². The molecule has 2 aromatic carbocycles. The summed E-state index contributed by atoms with van der Waals surface area (Å²) in [5.74, 6) is 1.18. The summed E-state index contributed by atoms with van der Waals surface area (Å²) in [4.78, 5) is 12.3. The van der Waals surface area contributed by atoms with E-state index in [9.17, 15) is 9.90 Å². The number of fused-ring (bicyclic) bond motifs is 1. The van der Waals surface area contributed by atoms with Crippen LogP contribution in [0.3, 0.4) is 0 Å². The van der Waals surface area contributed by atoms with Gasteiger partial charge >= 0.3 is 0 Å². The zero-order valence-electron chi connectivity index (χ0n) is 13.6. The lowest BCUT2D eigenvalue weighted by Gasteiger charge is -2.16. The molecule has 0 saturated carbocycles. The van der Waals surface area contributed by atoms with Crippen molar-refractivity contribution in [2.75, 3.05) is 13.2 Å². The molecule has 0 aliphatic carbocycles. The van der Waals surface area contributed by atoms with Crippen LogP contribution in [-0.4, -0.2) is 24.1 Å². The van der Waals surface area contributed by atoms with Gasteiger partial charge in [-0.25, -0.2) is 0 Å². The van der Waals surface area contributed by atoms with Gasteiger partial charge in [0.15, 0.2) is 17.3 Å². The van der Waals surface area contributed by atoms with E-state index in [1.807, 2.05) is 25.1 Å². The summed E-state index contributed by atoms with van der Waals surface area (Å²) in [5, 5.41) is 9.83. The molecule has 1 aliphatic heterocycles. The Hall–Kier alpha value is -2.75. The minimum absolute atomic E-state index is 0.00911. The van der Waals surface area contributed by atoms with Gasteiger partial charge in [0.25, 0.3) is 0 Å². The molecule has 124 valence electrons. The third kappa shape index (κ3) is 3.77. The summed E-state index contributed by atoms with van der Waals surface area (Å²) in [6, 6.07) is 10.6. The first kappa shape index (κ1) is 16.1. The smallest absolute Gasteiger partial charge is 0.189 e. The third-order valence-electron chi connectivity index (χ3n) is 3.87. The second kappa shape index (κ2) is 7.21. The molecule has 0 saturated heterocycles. The van der Waals surface area contributed by atoms with Crippen LogP contribution in [0.5, 0.6) is 17.2 Å². The Morgan fingerprint density at radius 3 is 2.58 bits per heavy atom. The summed E-state index contributed by atoms with van der Waals surface area (Å²) in [6.07, 6.45) is 5.12. The molecular weight excluding hydrogens is 304 g/mol. The molecule has 0 radical (unpaired) electrons. The van der Waals surface area contributed by atoms with E-state index in [1.54, 1.807) is 18.2 Å². The summed E-state index contributed by atoms with van der Waals surface area (Å²) >= 11 is 0. The van der Waals surface area contributed by atoms with E-state index in [0.717, 1.165) is 29.7 Å². The van der Waals surface area contributed by atoms with Gasteiger partial charge in [0.2, 0.25) is 0 Å². The monoisotopic (exact) mass is 324 g/mol. The van der Waals surface area contributed by atoms with Gasteiger partial charge in [-0.2, -0.15) is 0 Å². The predicted molar refractivity (Wildman–Crippen MR) is 92.9 cm³/mol. The molecular formula is C20H20O4. The highest BCUT2D eigenvalue weighted by atomic mass is 16.5. The van der Waals surface area contributed by atoms with Crippen LogP contribution in [0.4, 0.5) is 0 Å². The summed E-state index contributed by atoms with van der Waals surface area (Å²) in [5.41, 5.74) is 2.08. The Balaban J connectivity index is 1.80. The fourth-order valence-electron chi connectivity index (χ4n) is 2.54. The van der Waals surface area contributed by atoms with Crippen LogP contribution < -0.4 is 9.47 Å². The van der Waals surface area contributed by atoms with E-state index >= 15 is 0 Å². The lowest BCUT2D eigenvalue weighted by atomic mass is 10.1. The van der Waals surface area contributed by atoms with E-state index in [4.69, 9.17) is 9.47 Å². The van der Waals surface area contributed by atoms with Crippen LogP contribution in [0, 0.1) is 6.92 Å². The highest BCUT2D eigenvalue weighted by molar-refractivity contribution is 6.08. The Kier molecular flexibility index (Phi) is 4.85. The van der Waals surface area contributed by atoms with Crippen molar-refractivity contribution in [1.82, 2.24) is 0 Å². The Morgan fingerprint density at radius 1 is 1.04 bits per heavy atom. The molecule has 3 rings (SSSR count). The Labute approximate surface area is 141 Å². The molecule has 4 nitrogen and oxygen atoms in total. The number of aromatic hydroxyl groups is 1. The largest absolute Gasteiger partial charge is 0.507 e. The van der Waals surface area contributed by atoms with Gasteiger partial charge in [0.1, 0.15) is 5.75 Å². The first-order chi connectivity index (χ1) is 11.6. The minimum Gasteiger partial charge on any atom is -0.507 e. The average molecular weight is 324 g/mol. The Bertz CT molecular complexity index is 777. The molecule has 0 spiro atoms. The Morgan fingerprint density at radius 2 is 1.79 bits per heavy atom. The van der Waals surface area contributed by atoms with Crippen LogP contribution in [-0.2, 0) is 0 Å². The average Bonchev–Trinajstić information content (AvgIpc) is 2.56.